The van der Waals surface area contributed by atoms with Gasteiger partial charge in [0.1, 0.15) is 5.82 Å². The van der Waals surface area contributed by atoms with Gasteiger partial charge in [-0.2, -0.15) is 0 Å². The largest absolute Gasteiger partial charge is 0.373 e. The Labute approximate surface area is 127 Å². The fourth-order valence-corrected chi connectivity index (χ4v) is 2.70. The highest BCUT2D eigenvalue weighted by Crippen LogP contribution is 2.26. The third-order valence-electron chi connectivity index (χ3n) is 4.25. The molecule has 0 spiro atoms. The van der Waals surface area contributed by atoms with E-state index in [9.17, 15) is 4.79 Å². The van der Waals surface area contributed by atoms with Crippen molar-refractivity contribution in [3.8, 4) is 0 Å². The molecule has 4 nitrogen and oxygen atoms in total. The van der Waals surface area contributed by atoms with E-state index in [4.69, 9.17) is 0 Å². The lowest BCUT2D eigenvalue weighted by Crippen LogP contribution is -2.29. The highest BCUT2D eigenvalue weighted by Gasteiger charge is 2.27. The summed E-state index contributed by atoms with van der Waals surface area (Å²) in [5.74, 6) is 1.55. The molecule has 0 radical (unpaired) electrons. The zero-order chi connectivity index (χ0) is 15.6. The molecule has 1 amide bonds. The summed E-state index contributed by atoms with van der Waals surface area (Å²) in [4.78, 5) is 19.3. The van der Waals surface area contributed by atoms with E-state index in [1.165, 1.54) is 0 Å². The van der Waals surface area contributed by atoms with Crippen molar-refractivity contribution in [1.29, 1.82) is 0 Å². The number of amides is 1. The molecule has 0 bridgehead atoms. The van der Waals surface area contributed by atoms with Crippen LogP contribution in [-0.4, -0.2) is 35.9 Å². The van der Waals surface area contributed by atoms with Crippen LogP contribution in [0.25, 0.3) is 0 Å². The molecule has 0 aromatic carbocycles. The SMILES string of the molecule is CCC1CCN(C(=O)c2cc(NC)nc(C(C)(C)C)c2)C1. The molecule has 0 aliphatic carbocycles. The molecule has 1 aromatic rings. The smallest absolute Gasteiger partial charge is 0.254 e. The van der Waals surface area contributed by atoms with Crippen molar-refractivity contribution >= 4 is 11.7 Å². The predicted octanol–water partition coefficient (Wildman–Crippen LogP) is 3.29. The molecule has 1 aromatic heterocycles. The number of hydrogen-bond donors (Lipinski definition) is 1. The first-order chi connectivity index (χ1) is 9.85. The maximum absolute atomic E-state index is 12.7. The van der Waals surface area contributed by atoms with Crippen LogP contribution in [0.3, 0.4) is 0 Å². The Kier molecular flexibility index (Phi) is 4.55. The van der Waals surface area contributed by atoms with Gasteiger partial charge in [-0.15, -0.1) is 0 Å². The van der Waals surface area contributed by atoms with Gasteiger partial charge in [-0.1, -0.05) is 34.1 Å². The summed E-state index contributed by atoms with van der Waals surface area (Å²) in [6.45, 7) is 10.3. The van der Waals surface area contributed by atoms with Crippen LogP contribution >= 0.6 is 0 Å². The molecule has 1 fully saturated rings. The zero-order valence-electron chi connectivity index (χ0n) is 13.9. The van der Waals surface area contributed by atoms with Crippen molar-refractivity contribution in [1.82, 2.24) is 9.88 Å². The lowest BCUT2D eigenvalue weighted by atomic mass is 9.90. The van der Waals surface area contributed by atoms with Crippen LogP contribution in [0.4, 0.5) is 5.82 Å². The normalized spacial score (nSPS) is 18.9. The molecule has 1 aliphatic heterocycles. The molecule has 116 valence electrons. The minimum absolute atomic E-state index is 0.0706. The van der Waals surface area contributed by atoms with Gasteiger partial charge in [0, 0.05) is 36.8 Å². The molecule has 1 N–H and O–H groups in total. The van der Waals surface area contributed by atoms with Crippen molar-refractivity contribution < 1.29 is 4.79 Å². The van der Waals surface area contributed by atoms with Gasteiger partial charge in [0.05, 0.1) is 0 Å². The summed E-state index contributed by atoms with van der Waals surface area (Å²) in [6, 6.07) is 3.80. The topological polar surface area (TPSA) is 45.2 Å². The van der Waals surface area contributed by atoms with Crippen molar-refractivity contribution in [3.63, 3.8) is 0 Å². The molecule has 4 heteroatoms. The van der Waals surface area contributed by atoms with Gasteiger partial charge in [-0.05, 0) is 24.5 Å². The summed E-state index contributed by atoms with van der Waals surface area (Å²) in [6.07, 6.45) is 2.27. The number of likely N-dealkylation sites (tertiary alicyclic amines) is 1. The maximum Gasteiger partial charge on any atom is 0.254 e. The van der Waals surface area contributed by atoms with Crippen LogP contribution in [0.1, 0.15) is 56.6 Å². The molecule has 2 heterocycles. The molecular weight excluding hydrogens is 262 g/mol. The van der Waals surface area contributed by atoms with Crippen LogP contribution in [-0.2, 0) is 5.41 Å². The molecular formula is C17H27N3O. The lowest BCUT2D eigenvalue weighted by molar-refractivity contribution is 0.0786. The second kappa shape index (κ2) is 6.04. The number of rotatable bonds is 3. The molecule has 1 atom stereocenters. The second-order valence-corrected chi connectivity index (χ2v) is 6.94. The average Bonchev–Trinajstić information content (AvgIpc) is 2.93. The number of nitrogens with zero attached hydrogens (tertiary/aromatic N) is 2. The molecule has 1 aliphatic rings. The van der Waals surface area contributed by atoms with E-state index in [2.05, 4.69) is 38.0 Å². The van der Waals surface area contributed by atoms with Crippen molar-refractivity contribution in [2.75, 3.05) is 25.5 Å². The van der Waals surface area contributed by atoms with Gasteiger partial charge >= 0.3 is 0 Å². The summed E-state index contributed by atoms with van der Waals surface area (Å²) in [7, 11) is 1.84. The maximum atomic E-state index is 12.7. The number of aromatic nitrogens is 1. The van der Waals surface area contributed by atoms with Crippen LogP contribution in [0.2, 0.25) is 0 Å². The van der Waals surface area contributed by atoms with Crippen LogP contribution in [0.15, 0.2) is 12.1 Å². The Morgan fingerprint density at radius 3 is 2.67 bits per heavy atom. The number of pyridine rings is 1. The fourth-order valence-electron chi connectivity index (χ4n) is 2.70. The molecule has 1 saturated heterocycles. The Bertz CT molecular complexity index is 519. The van der Waals surface area contributed by atoms with E-state index >= 15 is 0 Å². The number of anilines is 1. The monoisotopic (exact) mass is 289 g/mol. The highest BCUT2D eigenvalue weighted by molar-refractivity contribution is 5.95. The van der Waals surface area contributed by atoms with Crippen molar-refractivity contribution in [3.05, 3.63) is 23.4 Å². The van der Waals surface area contributed by atoms with E-state index < -0.39 is 0 Å². The van der Waals surface area contributed by atoms with Gasteiger partial charge in [0.25, 0.3) is 5.91 Å². The van der Waals surface area contributed by atoms with Crippen molar-refractivity contribution in [2.45, 2.75) is 46.0 Å². The predicted molar refractivity (Wildman–Crippen MR) is 86.8 cm³/mol. The Morgan fingerprint density at radius 2 is 2.14 bits per heavy atom. The molecule has 2 rings (SSSR count). The Hall–Kier alpha value is -1.58. The number of carbonyl (C=O) groups is 1. The molecule has 21 heavy (non-hydrogen) atoms. The third kappa shape index (κ3) is 3.55. The van der Waals surface area contributed by atoms with Crippen LogP contribution in [0.5, 0.6) is 0 Å². The lowest BCUT2D eigenvalue weighted by Gasteiger charge is -2.21. The minimum atomic E-state index is -0.0706. The van der Waals surface area contributed by atoms with Crippen LogP contribution in [0, 0.1) is 5.92 Å². The van der Waals surface area contributed by atoms with Gasteiger partial charge in [0.15, 0.2) is 0 Å². The first-order valence-electron chi connectivity index (χ1n) is 7.84. The van der Waals surface area contributed by atoms with E-state index in [-0.39, 0.29) is 11.3 Å². The minimum Gasteiger partial charge on any atom is -0.373 e. The number of nitrogens with one attached hydrogen (secondary N) is 1. The fraction of sp³-hybridized carbons (Fsp3) is 0.647. The summed E-state index contributed by atoms with van der Waals surface area (Å²) >= 11 is 0. The summed E-state index contributed by atoms with van der Waals surface area (Å²) < 4.78 is 0. The van der Waals surface area contributed by atoms with Gasteiger partial charge in [-0.25, -0.2) is 4.98 Å². The summed E-state index contributed by atoms with van der Waals surface area (Å²) in [5.41, 5.74) is 1.62. The van der Waals surface area contributed by atoms with E-state index in [0.717, 1.165) is 43.0 Å². The molecule has 1 unspecified atom stereocenters. The number of carbonyl (C=O) groups excluding carboxylic acids is 1. The van der Waals surface area contributed by atoms with Gasteiger partial charge in [-0.3, -0.25) is 4.79 Å². The quantitative estimate of drug-likeness (QED) is 0.928. The Balaban J connectivity index is 2.28. The average molecular weight is 289 g/mol. The third-order valence-corrected chi connectivity index (χ3v) is 4.25. The van der Waals surface area contributed by atoms with E-state index in [0.29, 0.717) is 5.92 Å². The summed E-state index contributed by atoms with van der Waals surface area (Å²) in [5, 5.41) is 3.06. The highest BCUT2D eigenvalue weighted by atomic mass is 16.2. The van der Waals surface area contributed by atoms with E-state index in [1.807, 2.05) is 24.1 Å². The first kappa shape index (κ1) is 15.8. The molecule has 0 saturated carbocycles. The zero-order valence-corrected chi connectivity index (χ0v) is 13.9. The van der Waals surface area contributed by atoms with Gasteiger partial charge in [0.2, 0.25) is 0 Å². The van der Waals surface area contributed by atoms with E-state index in [1.54, 1.807) is 0 Å². The van der Waals surface area contributed by atoms with Crippen LogP contribution < -0.4 is 5.32 Å². The number of hydrogen-bond acceptors (Lipinski definition) is 3. The van der Waals surface area contributed by atoms with Gasteiger partial charge < -0.3 is 10.2 Å². The second-order valence-electron chi connectivity index (χ2n) is 6.94. The first-order valence-corrected chi connectivity index (χ1v) is 7.84. The Morgan fingerprint density at radius 1 is 1.43 bits per heavy atom. The van der Waals surface area contributed by atoms with Crippen molar-refractivity contribution in [2.24, 2.45) is 5.92 Å². The standard InChI is InChI=1S/C17H27N3O/c1-6-12-7-8-20(11-12)16(21)13-9-14(17(2,3)4)19-15(10-13)18-5/h9-10,12H,6-8,11H2,1-5H3,(H,18,19).